The zero-order valence-electron chi connectivity index (χ0n) is 14.4. The maximum absolute atomic E-state index is 12.5. The average molecular weight is 377 g/mol. The van der Waals surface area contributed by atoms with Crippen LogP contribution in [0.4, 0.5) is 5.69 Å². The molecule has 0 unspecified atom stereocenters. The molecule has 1 aromatic carbocycles. The minimum atomic E-state index is 0.131. The molecule has 1 fully saturated rings. The third-order valence-corrected chi connectivity index (χ3v) is 5.26. The number of hydrogen-bond acceptors (Lipinski definition) is 5. The molecule has 0 N–H and O–H groups in total. The van der Waals surface area contributed by atoms with Crippen LogP contribution in [0.1, 0.15) is 11.4 Å². The summed E-state index contributed by atoms with van der Waals surface area (Å²) in [7, 11) is 0. The van der Waals surface area contributed by atoms with Crippen LogP contribution in [0.25, 0.3) is 0 Å². The average Bonchev–Trinajstić information content (AvgIpc) is 2.59. The second-order valence-corrected chi connectivity index (χ2v) is 7.39. The lowest BCUT2D eigenvalue weighted by atomic mass is 10.2. The zero-order chi connectivity index (χ0) is 17.8. The smallest absolute Gasteiger partial charge is 0.233 e. The van der Waals surface area contributed by atoms with Crippen molar-refractivity contribution in [2.75, 3.05) is 36.8 Å². The monoisotopic (exact) mass is 376 g/mol. The van der Waals surface area contributed by atoms with E-state index in [1.54, 1.807) is 0 Å². The Hall–Kier alpha value is -1.79. The Morgan fingerprint density at radius 2 is 1.76 bits per heavy atom. The van der Waals surface area contributed by atoms with Crippen LogP contribution in [-0.2, 0) is 4.79 Å². The molecule has 1 aromatic heterocycles. The number of aryl methyl sites for hydroxylation is 2. The highest BCUT2D eigenvalue weighted by Gasteiger charge is 2.22. The number of carbonyl (C=O) groups is 1. The van der Waals surface area contributed by atoms with Crippen LogP contribution in [0.3, 0.4) is 0 Å². The number of thioether (sulfide) groups is 1. The number of aromatic nitrogens is 2. The summed E-state index contributed by atoms with van der Waals surface area (Å²) in [6, 6.07) is 9.76. The summed E-state index contributed by atoms with van der Waals surface area (Å²) in [6.45, 7) is 6.88. The molecule has 2 aromatic rings. The van der Waals surface area contributed by atoms with Crippen LogP contribution in [-0.4, -0.2) is 52.7 Å². The molecule has 5 nitrogen and oxygen atoms in total. The van der Waals surface area contributed by atoms with Crippen molar-refractivity contribution in [3.63, 3.8) is 0 Å². The van der Waals surface area contributed by atoms with Gasteiger partial charge in [-0.2, -0.15) is 0 Å². The van der Waals surface area contributed by atoms with Crippen molar-refractivity contribution >= 4 is 35.0 Å². The normalized spacial score (nSPS) is 14.7. The Labute approximate surface area is 157 Å². The van der Waals surface area contributed by atoms with Gasteiger partial charge < -0.3 is 9.80 Å². The fraction of sp³-hybridized carbons (Fsp3) is 0.389. The summed E-state index contributed by atoms with van der Waals surface area (Å²) < 4.78 is 0. The second-order valence-electron chi connectivity index (χ2n) is 6.04. The molecule has 1 aliphatic rings. The van der Waals surface area contributed by atoms with Gasteiger partial charge >= 0.3 is 0 Å². The standard InChI is InChI=1S/C18H21ClN4OS/c1-13-11-14(2)21-18(20-13)25-12-17(24)23-9-7-22(8-10-23)16-6-4-3-5-15(16)19/h3-6,11H,7-10,12H2,1-2H3. The van der Waals surface area contributed by atoms with Gasteiger partial charge in [0.25, 0.3) is 0 Å². The molecule has 3 rings (SSSR count). The maximum Gasteiger partial charge on any atom is 0.233 e. The van der Waals surface area contributed by atoms with Crippen molar-refractivity contribution < 1.29 is 4.79 Å². The van der Waals surface area contributed by atoms with Crippen LogP contribution in [0.2, 0.25) is 5.02 Å². The number of nitrogens with zero attached hydrogens (tertiary/aromatic N) is 4. The van der Waals surface area contributed by atoms with Gasteiger partial charge in [0.1, 0.15) is 0 Å². The molecular weight excluding hydrogens is 356 g/mol. The minimum Gasteiger partial charge on any atom is -0.367 e. The quantitative estimate of drug-likeness (QED) is 0.606. The fourth-order valence-electron chi connectivity index (χ4n) is 2.88. The number of amides is 1. The molecule has 0 atom stereocenters. The molecule has 0 saturated carbocycles. The molecule has 0 spiro atoms. The maximum atomic E-state index is 12.5. The van der Waals surface area contributed by atoms with Gasteiger partial charge in [-0.05, 0) is 32.0 Å². The predicted octanol–water partition coefficient (Wildman–Crippen LogP) is 3.19. The van der Waals surface area contributed by atoms with E-state index >= 15 is 0 Å². The molecule has 2 heterocycles. The number of carbonyl (C=O) groups excluding carboxylic acids is 1. The predicted molar refractivity (Wildman–Crippen MR) is 102 cm³/mol. The van der Waals surface area contributed by atoms with Crippen LogP contribution >= 0.6 is 23.4 Å². The molecule has 1 amide bonds. The van der Waals surface area contributed by atoms with Gasteiger partial charge in [-0.3, -0.25) is 4.79 Å². The van der Waals surface area contributed by atoms with Crippen molar-refractivity contribution in [3.8, 4) is 0 Å². The van der Waals surface area contributed by atoms with Gasteiger partial charge in [-0.25, -0.2) is 9.97 Å². The van der Waals surface area contributed by atoms with Crippen LogP contribution in [0.5, 0.6) is 0 Å². The second kappa shape index (κ2) is 8.06. The van der Waals surface area contributed by atoms with Gasteiger partial charge in [-0.1, -0.05) is 35.5 Å². The van der Waals surface area contributed by atoms with E-state index in [-0.39, 0.29) is 5.91 Å². The van der Waals surface area contributed by atoms with Crippen LogP contribution in [0.15, 0.2) is 35.5 Å². The number of piperazine rings is 1. The lowest BCUT2D eigenvalue weighted by Gasteiger charge is -2.36. The van der Waals surface area contributed by atoms with Gasteiger partial charge in [0, 0.05) is 37.6 Å². The topological polar surface area (TPSA) is 49.3 Å². The molecule has 0 aliphatic carbocycles. The number of para-hydroxylation sites is 1. The van der Waals surface area contributed by atoms with E-state index < -0.39 is 0 Å². The third kappa shape index (κ3) is 4.64. The zero-order valence-corrected chi connectivity index (χ0v) is 16.0. The molecule has 25 heavy (non-hydrogen) atoms. The lowest BCUT2D eigenvalue weighted by Crippen LogP contribution is -2.49. The van der Waals surface area contributed by atoms with Crippen LogP contribution in [0, 0.1) is 13.8 Å². The van der Waals surface area contributed by atoms with Gasteiger partial charge in [0.15, 0.2) is 5.16 Å². The first-order valence-corrected chi connectivity index (χ1v) is 9.61. The third-order valence-electron chi connectivity index (χ3n) is 4.11. The largest absolute Gasteiger partial charge is 0.367 e. The number of anilines is 1. The molecular formula is C18H21ClN4OS. The van der Waals surface area contributed by atoms with E-state index in [2.05, 4.69) is 14.9 Å². The van der Waals surface area contributed by atoms with E-state index in [0.717, 1.165) is 35.2 Å². The van der Waals surface area contributed by atoms with Crippen molar-refractivity contribution in [2.24, 2.45) is 0 Å². The van der Waals surface area contributed by atoms with Crippen molar-refractivity contribution in [1.82, 2.24) is 14.9 Å². The molecule has 0 radical (unpaired) electrons. The summed E-state index contributed by atoms with van der Waals surface area (Å²) in [5, 5.41) is 1.42. The summed E-state index contributed by atoms with van der Waals surface area (Å²) in [6.07, 6.45) is 0. The summed E-state index contributed by atoms with van der Waals surface area (Å²) in [4.78, 5) is 25.3. The Kier molecular flexibility index (Phi) is 5.81. The summed E-state index contributed by atoms with van der Waals surface area (Å²) in [5.41, 5.74) is 2.89. The molecule has 0 bridgehead atoms. The van der Waals surface area contributed by atoms with E-state index in [1.807, 2.05) is 49.1 Å². The Bertz CT molecular complexity index is 742. The first-order valence-electron chi connectivity index (χ1n) is 8.25. The molecule has 1 saturated heterocycles. The Morgan fingerprint density at radius 3 is 2.40 bits per heavy atom. The molecule has 7 heteroatoms. The fourth-order valence-corrected chi connectivity index (χ4v) is 3.99. The van der Waals surface area contributed by atoms with Gasteiger partial charge in [0.2, 0.25) is 5.91 Å². The van der Waals surface area contributed by atoms with Crippen LogP contribution < -0.4 is 4.90 Å². The number of hydrogen-bond donors (Lipinski definition) is 0. The van der Waals surface area contributed by atoms with E-state index in [1.165, 1.54) is 11.8 Å². The lowest BCUT2D eigenvalue weighted by molar-refractivity contribution is -0.128. The van der Waals surface area contributed by atoms with E-state index in [9.17, 15) is 4.79 Å². The van der Waals surface area contributed by atoms with Crippen molar-refractivity contribution in [3.05, 3.63) is 46.7 Å². The Morgan fingerprint density at radius 1 is 1.12 bits per heavy atom. The summed E-state index contributed by atoms with van der Waals surface area (Å²) >= 11 is 7.66. The first-order chi connectivity index (χ1) is 12.0. The molecule has 1 aliphatic heterocycles. The first kappa shape index (κ1) is 18.0. The van der Waals surface area contributed by atoms with E-state index in [4.69, 9.17) is 11.6 Å². The van der Waals surface area contributed by atoms with Crippen molar-refractivity contribution in [1.29, 1.82) is 0 Å². The number of rotatable bonds is 4. The highest BCUT2D eigenvalue weighted by molar-refractivity contribution is 7.99. The highest BCUT2D eigenvalue weighted by atomic mass is 35.5. The van der Waals surface area contributed by atoms with Gasteiger partial charge in [-0.15, -0.1) is 0 Å². The number of benzene rings is 1. The van der Waals surface area contributed by atoms with E-state index in [0.29, 0.717) is 24.0 Å². The minimum absolute atomic E-state index is 0.131. The highest BCUT2D eigenvalue weighted by Crippen LogP contribution is 2.26. The Balaban J connectivity index is 1.52. The summed E-state index contributed by atoms with van der Waals surface area (Å²) in [5.74, 6) is 0.501. The van der Waals surface area contributed by atoms with Crippen molar-refractivity contribution in [2.45, 2.75) is 19.0 Å². The van der Waals surface area contributed by atoms with Gasteiger partial charge in [0.05, 0.1) is 16.5 Å². The SMILES string of the molecule is Cc1cc(C)nc(SCC(=O)N2CCN(c3ccccc3Cl)CC2)n1. The molecule has 132 valence electrons. The number of halogens is 1.